The Bertz CT molecular complexity index is 499. The number of anilines is 1. The van der Waals surface area contributed by atoms with E-state index in [9.17, 15) is 0 Å². The molecule has 0 aliphatic rings. The van der Waals surface area contributed by atoms with Crippen molar-refractivity contribution in [1.82, 2.24) is 10.1 Å². The van der Waals surface area contributed by atoms with Crippen molar-refractivity contribution in [3.8, 4) is 0 Å². The van der Waals surface area contributed by atoms with Gasteiger partial charge in [0.1, 0.15) is 0 Å². The van der Waals surface area contributed by atoms with Crippen molar-refractivity contribution in [2.75, 3.05) is 5.32 Å². The third-order valence-corrected chi connectivity index (χ3v) is 3.83. The summed E-state index contributed by atoms with van der Waals surface area (Å²) in [4.78, 5) is 4.06. The van der Waals surface area contributed by atoms with Gasteiger partial charge in [0.05, 0.1) is 0 Å². The minimum absolute atomic E-state index is 0.441. The Labute approximate surface area is 110 Å². The largest absolute Gasteiger partial charge is 0.334 e. The predicted molar refractivity (Wildman–Crippen MR) is 68.2 cm³/mol. The van der Waals surface area contributed by atoms with Gasteiger partial charge in [0.2, 0.25) is 0 Å². The summed E-state index contributed by atoms with van der Waals surface area (Å²) in [5.74, 6) is 0.625. The lowest BCUT2D eigenvalue weighted by molar-refractivity contribution is 0.425. The van der Waals surface area contributed by atoms with Crippen LogP contribution in [0, 0.1) is 6.92 Å². The second kappa shape index (κ2) is 4.97. The van der Waals surface area contributed by atoms with E-state index in [-0.39, 0.29) is 0 Å². The van der Waals surface area contributed by atoms with Crippen LogP contribution >= 0.6 is 31.9 Å². The van der Waals surface area contributed by atoms with Gasteiger partial charge in [0.25, 0.3) is 0 Å². The summed E-state index contributed by atoms with van der Waals surface area (Å²) in [6, 6.07) is 6.47. The molecule has 0 aliphatic carbocycles. The van der Waals surface area contributed by atoms with Gasteiger partial charge in [-0.3, -0.25) is 0 Å². The molecular weight excluding hydrogens is 338 g/mol. The minimum atomic E-state index is 0.441. The van der Waals surface area contributed by atoms with Gasteiger partial charge in [0, 0.05) is 15.5 Å². The minimum Gasteiger partial charge on any atom is -0.334 e. The maximum Gasteiger partial charge on any atom is 0.321 e. The highest BCUT2D eigenvalue weighted by atomic mass is 79.9. The van der Waals surface area contributed by atoms with Crippen molar-refractivity contribution < 1.29 is 4.52 Å². The molecule has 0 fully saturated rings. The Hall–Kier alpha value is -0.880. The second-order valence-corrected chi connectivity index (χ2v) is 4.96. The molecule has 6 heteroatoms. The van der Waals surface area contributed by atoms with Crippen LogP contribution in [0.3, 0.4) is 0 Å². The first-order valence-corrected chi connectivity index (χ1v) is 6.22. The van der Waals surface area contributed by atoms with E-state index in [4.69, 9.17) is 4.52 Å². The SMILES string of the molecule is Cc1noc(NCc2ccc(Br)c(Br)c2)n1. The fourth-order valence-electron chi connectivity index (χ4n) is 1.20. The summed E-state index contributed by atoms with van der Waals surface area (Å²) in [7, 11) is 0. The molecule has 2 rings (SSSR count). The van der Waals surface area contributed by atoms with Gasteiger partial charge in [-0.05, 0) is 56.5 Å². The number of hydrogen-bond donors (Lipinski definition) is 1. The normalized spacial score (nSPS) is 10.4. The molecule has 0 saturated heterocycles. The summed E-state index contributed by atoms with van der Waals surface area (Å²) in [6.07, 6.45) is 0. The molecule has 0 spiro atoms. The van der Waals surface area contributed by atoms with E-state index in [0.717, 1.165) is 14.5 Å². The number of benzene rings is 1. The molecule has 16 heavy (non-hydrogen) atoms. The van der Waals surface area contributed by atoms with Gasteiger partial charge in [-0.2, -0.15) is 4.98 Å². The lowest BCUT2D eigenvalue weighted by Gasteiger charge is -2.03. The zero-order chi connectivity index (χ0) is 11.5. The summed E-state index contributed by atoms with van der Waals surface area (Å²) >= 11 is 6.87. The van der Waals surface area contributed by atoms with Crippen molar-refractivity contribution in [1.29, 1.82) is 0 Å². The molecule has 1 heterocycles. The summed E-state index contributed by atoms with van der Waals surface area (Å²) in [5, 5.41) is 6.75. The van der Waals surface area contributed by atoms with Gasteiger partial charge < -0.3 is 9.84 Å². The average Bonchev–Trinajstić information content (AvgIpc) is 2.66. The molecule has 0 aliphatic heterocycles. The van der Waals surface area contributed by atoms with Gasteiger partial charge in [-0.1, -0.05) is 11.2 Å². The van der Waals surface area contributed by atoms with Crippen LogP contribution in [0.1, 0.15) is 11.4 Å². The first kappa shape index (κ1) is 11.6. The maximum absolute atomic E-state index is 4.95. The Kier molecular flexibility index (Phi) is 3.60. The van der Waals surface area contributed by atoms with Crippen molar-refractivity contribution in [2.24, 2.45) is 0 Å². The van der Waals surface area contributed by atoms with Crippen LogP contribution in [0.25, 0.3) is 0 Å². The zero-order valence-corrected chi connectivity index (χ0v) is 11.7. The highest BCUT2D eigenvalue weighted by Gasteiger charge is 2.02. The Balaban J connectivity index is 2.02. The molecule has 0 unspecified atom stereocenters. The first-order chi connectivity index (χ1) is 7.65. The number of aromatic nitrogens is 2. The molecule has 4 nitrogen and oxygen atoms in total. The standard InChI is InChI=1S/C10H9Br2N3O/c1-6-14-10(16-15-6)13-5-7-2-3-8(11)9(12)4-7/h2-4H,5H2,1H3,(H,13,14,15). The lowest BCUT2D eigenvalue weighted by atomic mass is 10.2. The third-order valence-electron chi connectivity index (χ3n) is 1.96. The Morgan fingerprint density at radius 3 is 2.75 bits per heavy atom. The lowest BCUT2D eigenvalue weighted by Crippen LogP contribution is -1.99. The predicted octanol–water partition coefficient (Wildman–Crippen LogP) is 3.52. The molecule has 2 aromatic rings. The smallest absolute Gasteiger partial charge is 0.321 e. The highest BCUT2D eigenvalue weighted by Crippen LogP contribution is 2.24. The number of nitrogens with zero attached hydrogens (tertiary/aromatic N) is 2. The molecule has 0 bridgehead atoms. The van der Waals surface area contributed by atoms with E-state index in [2.05, 4.69) is 47.3 Å². The Morgan fingerprint density at radius 1 is 1.31 bits per heavy atom. The van der Waals surface area contributed by atoms with Gasteiger partial charge in [-0.25, -0.2) is 0 Å². The van der Waals surface area contributed by atoms with Crippen LogP contribution in [0.15, 0.2) is 31.7 Å². The number of nitrogens with one attached hydrogen (secondary N) is 1. The third kappa shape index (κ3) is 2.82. The Morgan fingerprint density at radius 2 is 2.12 bits per heavy atom. The van der Waals surface area contributed by atoms with E-state index in [0.29, 0.717) is 18.4 Å². The second-order valence-electron chi connectivity index (χ2n) is 3.25. The molecule has 0 atom stereocenters. The highest BCUT2D eigenvalue weighted by molar-refractivity contribution is 9.13. The summed E-state index contributed by atoms with van der Waals surface area (Å²) < 4.78 is 7.00. The molecule has 0 saturated carbocycles. The monoisotopic (exact) mass is 345 g/mol. The van der Waals surface area contributed by atoms with Crippen molar-refractivity contribution >= 4 is 37.9 Å². The fourth-order valence-corrected chi connectivity index (χ4v) is 1.87. The quantitative estimate of drug-likeness (QED) is 0.923. The van der Waals surface area contributed by atoms with Crippen LogP contribution in [0.2, 0.25) is 0 Å². The van der Waals surface area contributed by atoms with Crippen molar-refractivity contribution in [3.63, 3.8) is 0 Å². The van der Waals surface area contributed by atoms with Crippen molar-refractivity contribution in [2.45, 2.75) is 13.5 Å². The average molecular weight is 347 g/mol. The molecule has 0 radical (unpaired) electrons. The molecule has 84 valence electrons. The number of hydrogen-bond acceptors (Lipinski definition) is 4. The fraction of sp³-hybridized carbons (Fsp3) is 0.200. The van der Waals surface area contributed by atoms with Crippen molar-refractivity contribution in [3.05, 3.63) is 38.5 Å². The molecule has 1 aromatic carbocycles. The van der Waals surface area contributed by atoms with Crippen LogP contribution in [0.4, 0.5) is 6.01 Å². The van der Waals surface area contributed by atoms with E-state index < -0.39 is 0 Å². The first-order valence-electron chi connectivity index (χ1n) is 4.63. The number of aryl methyl sites for hydroxylation is 1. The molecule has 0 amide bonds. The summed E-state index contributed by atoms with van der Waals surface area (Å²) in [5.41, 5.74) is 1.13. The van der Waals surface area contributed by atoms with Gasteiger partial charge in [0.15, 0.2) is 5.82 Å². The topological polar surface area (TPSA) is 51.0 Å². The molecular formula is C10H9Br2N3O. The molecule has 1 N–H and O–H groups in total. The summed E-state index contributed by atoms with van der Waals surface area (Å²) in [6.45, 7) is 2.43. The van der Waals surface area contributed by atoms with E-state index in [1.165, 1.54) is 0 Å². The van der Waals surface area contributed by atoms with Crippen LogP contribution in [0.5, 0.6) is 0 Å². The number of rotatable bonds is 3. The van der Waals surface area contributed by atoms with Crippen LogP contribution in [-0.4, -0.2) is 10.1 Å². The maximum atomic E-state index is 4.95. The number of halogens is 2. The van der Waals surface area contributed by atoms with E-state index in [1.807, 2.05) is 18.2 Å². The van der Waals surface area contributed by atoms with E-state index in [1.54, 1.807) is 6.92 Å². The van der Waals surface area contributed by atoms with Crippen LogP contribution in [-0.2, 0) is 6.54 Å². The van der Waals surface area contributed by atoms with Gasteiger partial charge in [-0.15, -0.1) is 0 Å². The zero-order valence-electron chi connectivity index (χ0n) is 8.50. The molecule has 1 aromatic heterocycles. The van der Waals surface area contributed by atoms with Gasteiger partial charge >= 0.3 is 6.01 Å². The van der Waals surface area contributed by atoms with E-state index >= 15 is 0 Å². The van der Waals surface area contributed by atoms with Crippen LogP contribution < -0.4 is 5.32 Å².